The minimum atomic E-state index is -0.987. The number of carbonyl (C=O) groups is 1. The van der Waals surface area contributed by atoms with E-state index in [9.17, 15) is 10.0 Å². The number of hydrogen-bond donors (Lipinski definition) is 2. The molecule has 5 heteroatoms. The number of nitrogens with zero attached hydrogens (tertiary/aromatic N) is 1. The maximum absolute atomic E-state index is 10.9. The van der Waals surface area contributed by atoms with Crippen molar-refractivity contribution in [2.24, 2.45) is 0 Å². The molecule has 2 aromatic rings. The van der Waals surface area contributed by atoms with E-state index in [0.29, 0.717) is 17.1 Å². The molecule has 2 N–H and O–H groups in total. The van der Waals surface area contributed by atoms with Crippen LogP contribution in [-0.4, -0.2) is 21.3 Å². The summed E-state index contributed by atoms with van der Waals surface area (Å²) in [5, 5.41) is 19.7. The lowest BCUT2D eigenvalue weighted by Crippen LogP contribution is -2.12. The molecule has 0 aromatic heterocycles. The van der Waals surface area contributed by atoms with Crippen LogP contribution in [0.5, 0.6) is 0 Å². The molecule has 1 heterocycles. The molecule has 0 aliphatic carbocycles. The molecule has 0 bridgehead atoms. The first-order valence-corrected chi connectivity index (χ1v) is 6.61. The standard InChI is InChI=1S/C17H13NO4/c19-17(20)14-8-6-13(7-9-14)16-11-18(21)10-15(22-16)12-4-2-1-3-5-12/h1-11,21H,(H,19,20). The van der Waals surface area contributed by atoms with E-state index in [4.69, 9.17) is 9.84 Å². The maximum Gasteiger partial charge on any atom is 0.335 e. The van der Waals surface area contributed by atoms with Gasteiger partial charge in [-0.15, -0.1) is 0 Å². The van der Waals surface area contributed by atoms with Crippen molar-refractivity contribution >= 4 is 17.5 Å². The van der Waals surface area contributed by atoms with Gasteiger partial charge >= 0.3 is 5.97 Å². The van der Waals surface area contributed by atoms with E-state index in [1.165, 1.54) is 24.5 Å². The number of carboxylic acids is 1. The Balaban J connectivity index is 1.88. The lowest BCUT2D eigenvalue weighted by atomic mass is 10.1. The van der Waals surface area contributed by atoms with E-state index in [0.717, 1.165) is 10.6 Å². The second-order valence-corrected chi connectivity index (χ2v) is 4.72. The minimum absolute atomic E-state index is 0.194. The fourth-order valence-electron chi connectivity index (χ4n) is 2.10. The second kappa shape index (κ2) is 5.75. The molecule has 0 saturated carbocycles. The summed E-state index contributed by atoms with van der Waals surface area (Å²) in [5.74, 6) is -0.0533. The number of hydrogen-bond acceptors (Lipinski definition) is 4. The van der Waals surface area contributed by atoms with Gasteiger partial charge in [-0.05, 0) is 12.1 Å². The highest BCUT2D eigenvalue weighted by Crippen LogP contribution is 2.29. The summed E-state index contributed by atoms with van der Waals surface area (Å²) >= 11 is 0. The predicted octanol–water partition coefficient (Wildman–Crippen LogP) is 3.40. The van der Waals surface area contributed by atoms with Crippen molar-refractivity contribution in [3.8, 4) is 0 Å². The first-order chi connectivity index (χ1) is 10.6. The molecular formula is C17H13NO4. The summed E-state index contributed by atoms with van der Waals surface area (Å²) in [6, 6.07) is 15.6. The summed E-state index contributed by atoms with van der Waals surface area (Å²) in [7, 11) is 0. The smallest absolute Gasteiger partial charge is 0.335 e. The fourth-order valence-corrected chi connectivity index (χ4v) is 2.10. The lowest BCUT2D eigenvalue weighted by Gasteiger charge is -2.21. The van der Waals surface area contributed by atoms with Gasteiger partial charge in [-0.3, -0.25) is 5.21 Å². The number of aromatic carboxylic acids is 1. The van der Waals surface area contributed by atoms with Crippen LogP contribution in [0.1, 0.15) is 21.5 Å². The Morgan fingerprint density at radius 1 is 0.864 bits per heavy atom. The number of hydroxylamine groups is 2. The lowest BCUT2D eigenvalue weighted by molar-refractivity contribution is 0.00624. The summed E-state index contributed by atoms with van der Waals surface area (Å²) in [4.78, 5) is 10.9. The van der Waals surface area contributed by atoms with Gasteiger partial charge in [-0.1, -0.05) is 42.5 Å². The molecular weight excluding hydrogens is 282 g/mol. The molecule has 0 unspecified atom stereocenters. The highest BCUT2D eigenvalue weighted by atomic mass is 16.5. The molecule has 5 nitrogen and oxygen atoms in total. The molecule has 0 atom stereocenters. The fraction of sp³-hybridized carbons (Fsp3) is 0. The van der Waals surface area contributed by atoms with E-state index < -0.39 is 5.97 Å². The van der Waals surface area contributed by atoms with Crippen molar-refractivity contribution < 1.29 is 19.8 Å². The molecule has 0 fully saturated rings. The van der Waals surface area contributed by atoms with Gasteiger partial charge in [0.2, 0.25) is 0 Å². The monoisotopic (exact) mass is 295 g/mol. The van der Waals surface area contributed by atoms with E-state index in [1.54, 1.807) is 12.1 Å². The third kappa shape index (κ3) is 2.84. The van der Waals surface area contributed by atoms with E-state index in [1.807, 2.05) is 30.3 Å². The van der Waals surface area contributed by atoms with Crippen LogP contribution in [0.25, 0.3) is 11.5 Å². The molecule has 0 saturated heterocycles. The molecule has 0 amide bonds. The third-order valence-electron chi connectivity index (χ3n) is 3.19. The Labute approximate surface area is 127 Å². The highest BCUT2D eigenvalue weighted by Gasteiger charge is 2.16. The molecule has 1 aliphatic heterocycles. The zero-order valence-electron chi connectivity index (χ0n) is 11.5. The van der Waals surface area contributed by atoms with Gasteiger partial charge in [0.15, 0.2) is 11.5 Å². The van der Waals surface area contributed by atoms with Gasteiger partial charge in [0.25, 0.3) is 0 Å². The Kier molecular flexibility index (Phi) is 3.64. The van der Waals surface area contributed by atoms with E-state index in [-0.39, 0.29) is 5.56 Å². The van der Waals surface area contributed by atoms with Crippen LogP contribution in [0.4, 0.5) is 0 Å². The molecule has 3 rings (SSSR count). The average Bonchev–Trinajstić information content (AvgIpc) is 2.55. The van der Waals surface area contributed by atoms with Crippen molar-refractivity contribution in [3.05, 3.63) is 83.7 Å². The molecule has 110 valence electrons. The maximum atomic E-state index is 10.9. The normalized spacial score (nSPS) is 14.0. The van der Waals surface area contributed by atoms with Crippen LogP contribution in [0, 0.1) is 0 Å². The van der Waals surface area contributed by atoms with Crippen molar-refractivity contribution in [3.63, 3.8) is 0 Å². The van der Waals surface area contributed by atoms with Gasteiger partial charge in [0.05, 0.1) is 18.0 Å². The molecule has 22 heavy (non-hydrogen) atoms. The van der Waals surface area contributed by atoms with Crippen LogP contribution in [0.2, 0.25) is 0 Å². The minimum Gasteiger partial charge on any atom is -0.478 e. The van der Waals surface area contributed by atoms with Crippen LogP contribution in [0.15, 0.2) is 67.0 Å². The van der Waals surface area contributed by atoms with Crippen LogP contribution < -0.4 is 0 Å². The van der Waals surface area contributed by atoms with Crippen molar-refractivity contribution in [2.45, 2.75) is 0 Å². The Morgan fingerprint density at radius 3 is 1.95 bits per heavy atom. The molecule has 1 aliphatic rings. The van der Waals surface area contributed by atoms with Gasteiger partial charge in [-0.25, -0.2) is 9.86 Å². The van der Waals surface area contributed by atoms with Gasteiger partial charge in [0.1, 0.15) is 0 Å². The Morgan fingerprint density at radius 2 is 1.41 bits per heavy atom. The quantitative estimate of drug-likeness (QED) is 0.908. The Bertz CT molecular complexity index is 748. The Hall–Kier alpha value is -3.05. The van der Waals surface area contributed by atoms with Crippen LogP contribution in [0.3, 0.4) is 0 Å². The van der Waals surface area contributed by atoms with Gasteiger partial charge in [-0.2, -0.15) is 0 Å². The second-order valence-electron chi connectivity index (χ2n) is 4.72. The van der Waals surface area contributed by atoms with Crippen molar-refractivity contribution in [2.75, 3.05) is 0 Å². The SMILES string of the molecule is O=C(O)c1ccc(C2=CN(O)C=C(c3ccccc3)O2)cc1. The number of rotatable bonds is 3. The third-order valence-corrected chi connectivity index (χ3v) is 3.19. The first-order valence-electron chi connectivity index (χ1n) is 6.61. The summed E-state index contributed by atoms with van der Waals surface area (Å²) in [6.07, 6.45) is 2.88. The summed E-state index contributed by atoms with van der Waals surface area (Å²) in [5.41, 5.74) is 1.69. The molecule has 0 radical (unpaired) electrons. The number of ether oxygens (including phenoxy) is 1. The summed E-state index contributed by atoms with van der Waals surface area (Å²) in [6.45, 7) is 0. The average molecular weight is 295 g/mol. The van der Waals surface area contributed by atoms with E-state index >= 15 is 0 Å². The largest absolute Gasteiger partial charge is 0.478 e. The first kappa shape index (κ1) is 13.9. The van der Waals surface area contributed by atoms with E-state index in [2.05, 4.69) is 0 Å². The number of carboxylic acid groups (broad SMARTS) is 1. The van der Waals surface area contributed by atoms with Gasteiger partial charge in [0, 0.05) is 11.1 Å². The zero-order chi connectivity index (χ0) is 15.5. The molecule has 0 spiro atoms. The van der Waals surface area contributed by atoms with Crippen molar-refractivity contribution in [1.82, 2.24) is 5.06 Å². The molecule has 2 aromatic carbocycles. The highest BCUT2D eigenvalue weighted by molar-refractivity contribution is 5.88. The zero-order valence-corrected chi connectivity index (χ0v) is 11.5. The van der Waals surface area contributed by atoms with Crippen molar-refractivity contribution in [1.29, 1.82) is 0 Å². The summed E-state index contributed by atoms with van der Waals surface area (Å²) < 4.78 is 5.80. The topological polar surface area (TPSA) is 70.0 Å². The predicted molar refractivity (Wildman–Crippen MR) is 80.5 cm³/mol. The van der Waals surface area contributed by atoms with Gasteiger partial charge < -0.3 is 9.84 Å². The number of benzene rings is 2. The van der Waals surface area contributed by atoms with Crippen LogP contribution >= 0.6 is 0 Å². The van der Waals surface area contributed by atoms with Crippen LogP contribution in [-0.2, 0) is 4.74 Å².